The molecule has 25 heavy (non-hydrogen) atoms. The molecule has 0 rings (SSSR count). The van der Waals surface area contributed by atoms with Crippen LogP contribution in [0.2, 0.25) is 0 Å². The van der Waals surface area contributed by atoms with Crippen molar-refractivity contribution in [3.63, 3.8) is 0 Å². The average molecular weight is 393 g/mol. The van der Waals surface area contributed by atoms with Crippen molar-refractivity contribution in [3.8, 4) is 0 Å². The first-order valence-electron chi connectivity index (χ1n) is 6.59. The lowest BCUT2D eigenvalue weighted by atomic mass is 10.0. The number of nitro groups is 1. The molecule has 7 N–H and O–H groups in total. The monoisotopic (exact) mass is 393 g/mol. The molecule has 0 spiro atoms. The fourth-order valence-corrected chi connectivity index (χ4v) is 1.13. The van der Waals surface area contributed by atoms with Crippen LogP contribution in [0.1, 0.15) is 6.92 Å². The van der Waals surface area contributed by atoms with Crippen LogP contribution in [-0.4, -0.2) is 90.7 Å². The van der Waals surface area contributed by atoms with Crippen LogP contribution in [0, 0.1) is 10.1 Å². The summed E-state index contributed by atoms with van der Waals surface area (Å²) in [5.74, 6) is 0. The molecule has 0 aliphatic rings. The number of hydrogen-bond acceptors (Lipinski definition) is 10. The van der Waals surface area contributed by atoms with Gasteiger partial charge in [0.2, 0.25) is 6.54 Å². The van der Waals surface area contributed by atoms with E-state index in [9.17, 15) is 19.5 Å². The van der Waals surface area contributed by atoms with Gasteiger partial charge in [0.15, 0.2) is 6.29 Å². The van der Waals surface area contributed by atoms with Gasteiger partial charge in [0.1, 0.15) is 24.4 Å². The predicted molar refractivity (Wildman–Crippen MR) is 82.9 cm³/mol. The molecule has 0 bridgehead atoms. The maximum absolute atomic E-state index is 10.2. The molecule has 0 aromatic rings. The summed E-state index contributed by atoms with van der Waals surface area (Å²) in [5, 5.41) is 53.0. The summed E-state index contributed by atoms with van der Waals surface area (Å²) in [6, 6.07) is 0. The Labute approximate surface area is 143 Å². The van der Waals surface area contributed by atoms with Crippen molar-refractivity contribution in [2.45, 2.75) is 31.3 Å². The Bertz CT molecular complexity index is 414. The molecule has 150 valence electrons. The van der Waals surface area contributed by atoms with E-state index in [2.05, 4.69) is 11.1 Å². The van der Waals surface area contributed by atoms with Crippen molar-refractivity contribution in [2.75, 3.05) is 19.8 Å². The van der Waals surface area contributed by atoms with E-state index < -0.39 is 38.8 Å². The molecular weight excluding hydrogens is 369 g/mol. The molecule has 14 heteroatoms. The van der Waals surface area contributed by atoms with Crippen LogP contribution < -0.4 is 0 Å². The fraction of sp³-hybridized carbons (Fsp3) is 0.727. The predicted octanol–water partition coefficient (Wildman–Crippen LogP) is -2.81. The molecule has 0 saturated heterocycles. The van der Waals surface area contributed by atoms with Gasteiger partial charge in [-0.15, -0.1) is 6.58 Å². The van der Waals surface area contributed by atoms with Crippen molar-refractivity contribution in [1.29, 1.82) is 0 Å². The average Bonchev–Trinajstić information content (AvgIpc) is 2.57. The molecule has 0 aromatic carbocycles. The molecule has 0 amide bonds. The fourth-order valence-electron chi connectivity index (χ4n) is 0.782. The molecule has 0 saturated carbocycles. The van der Waals surface area contributed by atoms with E-state index in [1.54, 1.807) is 0 Å². The van der Waals surface area contributed by atoms with Crippen LogP contribution in [0.4, 0.5) is 0 Å². The number of nitrogens with zero attached hydrogens (tertiary/aromatic N) is 1. The van der Waals surface area contributed by atoms with Gasteiger partial charge in [0.05, 0.1) is 13.2 Å². The van der Waals surface area contributed by atoms with Gasteiger partial charge in [-0.3, -0.25) is 14.6 Å². The van der Waals surface area contributed by atoms with Crippen LogP contribution in [0.3, 0.4) is 0 Å². The molecular formula is C11H24NO12P. The molecule has 13 nitrogen and oxygen atoms in total. The molecule has 0 fully saturated rings. The zero-order valence-electron chi connectivity index (χ0n) is 13.4. The van der Waals surface area contributed by atoms with Crippen molar-refractivity contribution in [1.82, 2.24) is 0 Å². The molecule has 0 unspecified atom stereocenters. The van der Waals surface area contributed by atoms with E-state index in [1.807, 2.05) is 0 Å². The zero-order valence-corrected chi connectivity index (χ0v) is 14.3. The number of aldehydes is 1. The smallest absolute Gasteiger partial charge is 0.392 e. The molecule has 4 atom stereocenters. The van der Waals surface area contributed by atoms with Crippen LogP contribution in [0.25, 0.3) is 0 Å². The number of carbonyl (C=O) groups excluding carboxylic acids is 1. The normalized spacial score (nSPS) is 15.2. The summed E-state index contributed by atoms with van der Waals surface area (Å²) in [7, 11) is -4.80. The second-order valence-corrected chi connectivity index (χ2v) is 5.32. The van der Waals surface area contributed by atoms with Crippen LogP contribution in [0.5, 0.6) is 0 Å². The molecule has 0 aliphatic heterocycles. The second-order valence-electron chi connectivity index (χ2n) is 4.08. The van der Waals surface area contributed by atoms with Gasteiger partial charge in [0.25, 0.3) is 0 Å². The lowest BCUT2D eigenvalue weighted by Gasteiger charge is -2.23. The van der Waals surface area contributed by atoms with E-state index in [1.165, 1.54) is 13.0 Å². The Morgan fingerprint density at radius 1 is 1.24 bits per heavy atom. The standard InChI is InChI=1S/C6H13O9P.C3H6O.C2H5NO2/c7-1-3(8)5(10)6(11)4(9)2-15-16(12,13)14;1-2-3-4;1-2-3(4)5/h1,3-6,8-11H,2H2,(H2,12,13,14);2,4H,1,3H2;2H2,1H3/t3-,4+,5+,6+;;/m0../s1. The first-order valence-corrected chi connectivity index (χ1v) is 8.12. The Morgan fingerprint density at radius 2 is 1.64 bits per heavy atom. The van der Waals surface area contributed by atoms with Crippen molar-refractivity contribution in [3.05, 3.63) is 22.8 Å². The van der Waals surface area contributed by atoms with E-state index in [0.717, 1.165) is 0 Å². The highest BCUT2D eigenvalue weighted by molar-refractivity contribution is 7.46. The van der Waals surface area contributed by atoms with Gasteiger partial charge < -0.3 is 40.1 Å². The lowest BCUT2D eigenvalue weighted by molar-refractivity contribution is -0.475. The number of aliphatic hydroxyl groups is 5. The number of carbonyl (C=O) groups is 1. The number of phosphoric ester groups is 1. The first-order chi connectivity index (χ1) is 11.4. The third kappa shape index (κ3) is 20.7. The van der Waals surface area contributed by atoms with Gasteiger partial charge in [-0.25, -0.2) is 4.57 Å². The van der Waals surface area contributed by atoms with E-state index in [-0.39, 0.29) is 24.4 Å². The SMILES string of the molecule is C=CCO.CC[N+](=O)[O-].O=C[C@H](O)[C@@H](O)[C@H](O)[C@H](O)COP(=O)(O)O. The Hall–Kier alpha value is -1.28. The Kier molecular flexibility index (Phi) is 18.5. The maximum Gasteiger partial charge on any atom is 0.469 e. The molecule has 0 aliphatic carbocycles. The molecule has 0 aromatic heterocycles. The lowest BCUT2D eigenvalue weighted by Crippen LogP contribution is -2.46. The van der Waals surface area contributed by atoms with E-state index in [0.29, 0.717) is 0 Å². The van der Waals surface area contributed by atoms with Crippen LogP contribution in [-0.2, 0) is 13.9 Å². The quantitative estimate of drug-likeness (QED) is 0.0692. The summed E-state index contributed by atoms with van der Waals surface area (Å²) in [5.41, 5.74) is 0. The van der Waals surface area contributed by atoms with Crippen LogP contribution >= 0.6 is 7.82 Å². The van der Waals surface area contributed by atoms with Gasteiger partial charge >= 0.3 is 7.82 Å². The third-order valence-corrected chi connectivity index (χ3v) is 2.52. The minimum absolute atomic E-state index is 0.0278. The van der Waals surface area contributed by atoms with E-state index >= 15 is 0 Å². The summed E-state index contributed by atoms with van der Waals surface area (Å²) in [4.78, 5) is 35.4. The van der Waals surface area contributed by atoms with Gasteiger partial charge in [-0.2, -0.15) is 0 Å². The summed E-state index contributed by atoms with van der Waals surface area (Å²) in [6.45, 7) is 3.88. The Morgan fingerprint density at radius 3 is 1.88 bits per heavy atom. The highest BCUT2D eigenvalue weighted by Crippen LogP contribution is 2.35. The number of hydrogen-bond donors (Lipinski definition) is 7. The summed E-state index contributed by atoms with van der Waals surface area (Å²) >= 11 is 0. The molecule has 0 heterocycles. The largest absolute Gasteiger partial charge is 0.469 e. The number of aliphatic hydroxyl groups excluding tert-OH is 5. The van der Waals surface area contributed by atoms with Crippen molar-refractivity contribution in [2.24, 2.45) is 0 Å². The second kappa shape index (κ2) is 16.2. The van der Waals surface area contributed by atoms with Gasteiger partial charge in [-0.05, 0) is 0 Å². The number of phosphoric acid groups is 1. The Balaban J connectivity index is -0.000000442. The zero-order chi connectivity index (χ0) is 20.6. The van der Waals surface area contributed by atoms with E-state index in [4.69, 9.17) is 35.3 Å². The first kappa shape index (κ1) is 28.5. The highest BCUT2D eigenvalue weighted by atomic mass is 31.2. The van der Waals surface area contributed by atoms with Crippen LogP contribution in [0.15, 0.2) is 12.7 Å². The number of rotatable bonds is 9. The van der Waals surface area contributed by atoms with Gasteiger partial charge in [-0.1, -0.05) is 6.08 Å². The molecule has 0 radical (unpaired) electrons. The summed E-state index contributed by atoms with van der Waals surface area (Å²) < 4.78 is 14.1. The topological polar surface area (TPSA) is 228 Å². The highest BCUT2D eigenvalue weighted by Gasteiger charge is 2.31. The summed E-state index contributed by atoms with van der Waals surface area (Å²) in [6.07, 6.45) is -6.37. The van der Waals surface area contributed by atoms with Gasteiger partial charge in [0, 0.05) is 11.8 Å². The minimum Gasteiger partial charge on any atom is -0.392 e. The third-order valence-electron chi connectivity index (χ3n) is 2.03. The van der Waals surface area contributed by atoms with Crippen molar-refractivity contribution < 1.29 is 54.1 Å². The maximum atomic E-state index is 10.2. The van der Waals surface area contributed by atoms with Crippen molar-refractivity contribution >= 4 is 14.1 Å². The minimum atomic E-state index is -4.80.